The quantitative estimate of drug-likeness (QED) is 0.715. The van der Waals surface area contributed by atoms with Gasteiger partial charge in [-0.2, -0.15) is 0 Å². The van der Waals surface area contributed by atoms with E-state index in [1.54, 1.807) is 0 Å². The third-order valence-corrected chi connectivity index (χ3v) is 5.09. The van der Waals surface area contributed by atoms with Gasteiger partial charge in [-0.05, 0) is 37.1 Å². The van der Waals surface area contributed by atoms with Gasteiger partial charge in [0, 0.05) is 35.8 Å². The van der Waals surface area contributed by atoms with Gasteiger partial charge in [0.05, 0.1) is 0 Å². The van der Waals surface area contributed by atoms with Crippen LogP contribution in [0.25, 0.3) is 0 Å². The number of hydrazine groups is 1. The number of rotatable bonds is 1. The summed E-state index contributed by atoms with van der Waals surface area (Å²) in [5.74, 6) is 0.467. The number of hydrogen-bond donors (Lipinski definition) is 3. The Labute approximate surface area is 141 Å². The number of carbonyl (C=O) groups excluding carboxylic acids is 1. The minimum Gasteiger partial charge on any atom is -0.316 e. The summed E-state index contributed by atoms with van der Waals surface area (Å²) in [5.41, 5.74) is 8.67. The molecule has 3 aliphatic rings. The van der Waals surface area contributed by atoms with E-state index in [-0.39, 0.29) is 24.4 Å². The van der Waals surface area contributed by atoms with Crippen LogP contribution < -0.4 is 21.1 Å². The SMILES string of the molecule is Cl.O=C(C1NNC2CCNCC21)N1CCc2ccc(Cl)cc21. The largest absolute Gasteiger partial charge is 0.316 e. The van der Waals surface area contributed by atoms with Crippen LogP contribution in [0.3, 0.4) is 0 Å². The van der Waals surface area contributed by atoms with E-state index >= 15 is 0 Å². The van der Waals surface area contributed by atoms with Gasteiger partial charge in [-0.3, -0.25) is 10.2 Å². The molecule has 1 amide bonds. The molecular formula is C15H20Cl2N4O. The molecule has 3 aliphatic heterocycles. The predicted octanol–water partition coefficient (Wildman–Crippen LogP) is 1.11. The first-order valence-corrected chi connectivity index (χ1v) is 7.93. The molecule has 0 spiro atoms. The van der Waals surface area contributed by atoms with E-state index in [0.717, 1.165) is 38.2 Å². The van der Waals surface area contributed by atoms with Crippen molar-refractivity contribution in [2.24, 2.45) is 5.92 Å². The fourth-order valence-electron chi connectivity index (χ4n) is 3.71. The van der Waals surface area contributed by atoms with Crippen LogP contribution in [-0.4, -0.2) is 37.6 Å². The second-order valence-corrected chi connectivity index (χ2v) is 6.48. The molecule has 5 nitrogen and oxygen atoms in total. The summed E-state index contributed by atoms with van der Waals surface area (Å²) in [6.07, 6.45) is 1.97. The number of piperidine rings is 1. The molecule has 3 unspecified atom stereocenters. The number of hydrogen-bond acceptors (Lipinski definition) is 4. The summed E-state index contributed by atoms with van der Waals surface area (Å²) in [4.78, 5) is 14.8. The molecule has 2 fully saturated rings. The van der Waals surface area contributed by atoms with Gasteiger partial charge in [0.1, 0.15) is 6.04 Å². The van der Waals surface area contributed by atoms with Crippen molar-refractivity contribution in [1.82, 2.24) is 16.2 Å². The Balaban J connectivity index is 0.00000144. The lowest BCUT2D eigenvalue weighted by molar-refractivity contribution is -0.121. The molecule has 0 radical (unpaired) electrons. The average molecular weight is 343 g/mol. The van der Waals surface area contributed by atoms with Crippen molar-refractivity contribution in [3.63, 3.8) is 0 Å². The van der Waals surface area contributed by atoms with E-state index in [2.05, 4.69) is 16.2 Å². The van der Waals surface area contributed by atoms with E-state index in [4.69, 9.17) is 11.6 Å². The molecule has 0 aromatic heterocycles. The number of benzene rings is 1. The summed E-state index contributed by atoms with van der Waals surface area (Å²) < 4.78 is 0. The number of anilines is 1. The molecule has 22 heavy (non-hydrogen) atoms. The minimum atomic E-state index is -0.160. The first kappa shape index (κ1) is 16.0. The third kappa shape index (κ3) is 2.61. The average Bonchev–Trinajstić information content (AvgIpc) is 3.10. The number of nitrogens with zero attached hydrogens (tertiary/aromatic N) is 1. The molecule has 4 rings (SSSR count). The third-order valence-electron chi connectivity index (χ3n) is 4.86. The van der Waals surface area contributed by atoms with Crippen molar-refractivity contribution in [1.29, 1.82) is 0 Å². The van der Waals surface area contributed by atoms with E-state index in [9.17, 15) is 4.79 Å². The summed E-state index contributed by atoms with van der Waals surface area (Å²) in [5, 5.41) is 4.07. The number of nitrogens with one attached hydrogen (secondary N) is 3. The van der Waals surface area contributed by atoms with Crippen molar-refractivity contribution < 1.29 is 4.79 Å². The Kier molecular flexibility index (Phi) is 4.61. The van der Waals surface area contributed by atoms with E-state index < -0.39 is 0 Å². The molecule has 7 heteroatoms. The maximum absolute atomic E-state index is 12.9. The summed E-state index contributed by atoms with van der Waals surface area (Å²) in [7, 11) is 0. The Morgan fingerprint density at radius 1 is 1.32 bits per heavy atom. The fraction of sp³-hybridized carbons (Fsp3) is 0.533. The monoisotopic (exact) mass is 342 g/mol. The van der Waals surface area contributed by atoms with Gasteiger partial charge in [0.15, 0.2) is 0 Å². The smallest absolute Gasteiger partial charge is 0.245 e. The normalized spacial score (nSPS) is 29.7. The minimum absolute atomic E-state index is 0. The van der Waals surface area contributed by atoms with E-state index in [0.29, 0.717) is 17.0 Å². The van der Waals surface area contributed by atoms with Crippen molar-refractivity contribution in [2.75, 3.05) is 24.5 Å². The molecule has 3 atom stereocenters. The lowest BCUT2D eigenvalue weighted by Crippen LogP contribution is -2.50. The molecule has 0 aliphatic carbocycles. The zero-order valence-electron chi connectivity index (χ0n) is 12.1. The maximum atomic E-state index is 12.9. The van der Waals surface area contributed by atoms with Crippen molar-refractivity contribution in [3.8, 4) is 0 Å². The van der Waals surface area contributed by atoms with Crippen molar-refractivity contribution in [3.05, 3.63) is 28.8 Å². The predicted molar refractivity (Wildman–Crippen MR) is 89.6 cm³/mol. The Morgan fingerprint density at radius 3 is 3.05 bits per heavy atom. The molecule has 120 valence electrons. The highest BCUT2D eigenvalue weighted by Crippen LogP contribution is 2.32. The molecule has 3 heterocycles. The highest BCUT2D eigenvalue weighted by Gasteiger charge is 2.43. The standard InChI is InChI=1S/C15H19ClN4O.ClH/c16-10-2-1-9-4-6-20(13(9)7-10)15(21)14-11-8-17-5-3-12(11)18-19-14;/h1-2,7,11-12,14,17-19H,3-6,8H2;1H. The second-order valence-electron chi connectivity index (χ2n) is 6.04. The zero-order chi connectivity index (χ0) is 14.4. The van der Waals surface area contributed by atoms with Crippen LogP contribution in [0, 0.1) is 5.92 Å². The van der Waals surface area contributed by atoms with Crippen molar-refractivity contribution in [2.45, 2.75) is 24.9 Å². The molecule has 3 N–H and O–H groups in total. The van der Waals surface area contributed by atoms with Gasteiger partial charge in [-0.25, -0.2) is 5.43 Å². The maximum Gasteiger partial charge on any atom is 0.245 e. The fourth-order valence-corrected chi connectivity index (χ4v) is 3.88. The van der Waals surface area contributed by atoms with Gasteiger partial charge < -0.3 is 10.2 Å². The summed E-state index contributed by atoms with van der Waals surface area (Å²) in [6, 6.07) is 6.05. The molecule has 1 aromatic rings. The molecule has 0 bridgehead atoms. The highest BCUT2D eigenvalue weighted by molar-refractivity contribution is 6.31. The van der Waals surface area contributed by atoms with Gasteiger partial charge in [0.25, 0.3) is 0 Å². The Morgan fingerprint density at radius 2 is 2.18 bits per heavy atom. The van der Waals surface area contributed by atoms with Gasteiger partial charge in [-0.15, -0.1) is 12.4 Å². The molecule has 1 aromatic carbocycles. The van der Waals surface area contributed by atoms with E-state index in [1.807, 2.05) is 23.1 Å². The number of fused-ring (bicyclic) bond motifs is 2. The first-order valence-electron chi connectivity index (χ1n) is 7.55. The Hall–Kier alpha value is -0.850. The number of carbonyl (C=O) groups is 1. The zero-order valence-corrected chi connectivity index (χ0v) is 13.7. The molecule has 2 saturated heterocycles. The Bertz CT molecular complexity index is 583. The van der Waals surface area contributed by atoms with Gasteiger partial charge >= 0.3 is 0 Å². The van der Waals surface area contributed by atoms with Gasteiger partial charge in [0.2, 0.25) is 5.91 Å². The first-order chi connectivity index (χ1) is 10.2. The summed E-state index contributed by atoms with van der Waals surface area (Å²) in [6.45, 7) is 2.65. The van der Waals surface area contributed by atoms with Crippen LogP contribution in [0.5, 0.6) is 0 Å². The summed E-state index contributed by atoms with van der Waals surface area (Å²) >= 11 is 6.09. The lowest BCUT2D eigenvalue weighted by atomic mass is 9.89. The van der Waals surface area contributed by atoms with Crippen LogP contribution >= 0.6 is 24.0 Å². The second kappa shape index (κ2) is 6.34. The van der Waals surface area contributed by atoms with Crippen LogP contribution in [0.15, 0.2) is 18.2 Å². The molecular weight excluding hydrogens is 323 g/mol. The highest BCUT2D eigenvalue weighted by atomic mass is 35.5. The van der Waals surface area contributed by atoms with E-state index in [1.165, 1.54) is 5.56 Å². The number of halogens is 2. The van der Waals surface area contributed by atoms with Crippen LogP contribution in [0.2, 0.25) is 5.02 Å². The van der Waals surface area contributed by atoms with Crippen LogP contribution in [-0.2, 0) is 11.2 Å². The van der Waals surface area contributed by atoms with Crippen LogP contribution in [0.1, 0.15) is 12.0 Å². The van der Waals surface area contributed by atoms with Crippen LogP contribution in [0.4, 0.5) is 5.69 Å². The lowest BCUT2D eigenvalue weighted by Gasteiger charge is -2.29. The number of amides is 1. The topological polar surface area (TPSA) is 56.4 Å². The van der Waals surface area contributed by atoms with Gasteiger partial charge in [-0.1, -0.05) is 17.7 Å². The van der Waals surface area contributed by atoms with Crippen molar-refractivity contribution >= 4 is 35.6 Å². The molecule has 0 saturated carbocycles.